The van der Waals surface area contributed by atoms with E-state index in [2.05, 4.69) is 31.0 Å². The zero-order valence-corrected chi connectivity index (χ0v) is 12.3. The Labute approximate surface area is 112 Å². The number of piperazine rings is 1. The minimum Gasteiger partial charge on any atom is -0.378 e. The van der Waals surface area contributed by atoms with Crippen molar-refractivity contribution in [3.63, 3.8) is 0 Å². The van der Waals surface area contributed by atoms with Gasteiger partial charge in [-0.25, -0.2) is 0 Å². The molecule has 0 spiro atoms. The van der Waals surface area contributed by atoms with Gasteiger partial charge >= 0.3 is 0 Å². The molecule has 2 aliphatic rings. The zero-order valence-electron chi connectivity index (χ0n) is 12.3. The first kappa shape index (κ1) is 14.3. The van der Waals surface area contributed by atoms with Crippen molar-refractivity contribution in [1.82, 2.24) is 10.2 Å². The monoisotopic (exact) mass is 254 g/mol. The number of nitrogens with zero attached hydrogens (tertiary/aromatic N) is 1. The summed E-state index contributed by atoms with van der Waals surface area (Å²) in [6.07, 6.45) is 5.56. The van der Waals surface area contributed by atoms with E-state index in [0.29, 0.717) is 12.1 Å². The number of nitrogens with one attached hydrogen (secondary N) is 1. The second-order valence-electron chi connectivity index (χ2n) is 6.03. The van der Waals surface area contributed by atoms with Crippen molar-refractivity contribution in [2.24, 2.45) is 5.92 Å². The van der Waals surface area contributed by atoms with Crippen molar-refractivity contribution < 1.29 is 4.74 Å². The zero-order chi connectivity index (χ0) is 13.0. The summed E-state index contributed by atoms with van der Waals surface area (Å²) in [7, 11) is 0. The van der Waals surface area contributed by atoms with E-state index in [1.54, 1.807) is 0 Å². The average molecular weight is 254 g/mol. The Morgan fingerprint density at radius 2 is 2.17 bits per heavy atom. The van der Waals surface area contributed by atoms with Gasteiger partial charge < -0.3 is 10.1 Å². The van der Waals surface area contributed by atoms with E-state index in [0.717, 1.165) is 18.6 Å². The summed E-state index contributed by atoms with van der Waals surface area (Å²) in [6.45, 7) is 11.4. The van der Waals surface area contributed by atoms with Gasteiger partial charge in [0.1, 0.15) is 0 Å². The average Bonchev–Trinajstić information content (AvgIpc) is 2.76. The van der Waals surface area contributed by atoms with Gasteiger partial charge in [-0.2, -0.15) is 0 Å². The highest BCUT2D eigenvalue weighted by molar-refractivity contribution is 4.88. The lowest BCUT2D eigenvalue weighted by atomic mass is 9.97. The summed E-state index contributed by atoms with van der Waals surface area (Å²) in [5.41, 5.74) is 0. The second kappa shape index (κ2) is 6.88. The maximum absolute atomic E-state index is 5.71. The van der Waals surface area contributed by atoms with Crippen LogP contribution in [0.3, 0.4) is 0 Å². The lowest BCUT2D eigenvalue weighted by Gasteiger charge is -2.41. The van der Waals surface area contributed by atoms with Crippen molar-refractivity contribution >= 4 is 0 Å². The fraction of sp³-hybridized carbons (Fsp3) is 1.00. The van der Waals surface area contributed by atoms with Crippen molar-refractivity contribution in [1.29, 1.82) is 0 Å². The largest absolute Gasteiger partial charge is 0.378 e. The topological polar surface area (TPSA) is 24.5 Å². The van der Waals surface area contributed by atoms with Crippen LogP contribution in [0.5, 0.6) is 0 Å². The third-order valence-electron chi connectivity index (χ3n) is 4.72. The van der Waals surface area contributed by atoms with Crippen LogP contribution in [0.1, 0.15) is 46.5 Å². The van der Waals surface area contributed by atoms with Crippen LogP contribution >= 0.6 is 0 Å². The molecule has 3 heteroatoms. The van der Waals surface area contributed by atoms with Gasteiger partial charge in [-0.1, -0.05) is 20.3 Å². The summed E-state index contributed by atoms with van der Waals surface area (Å²) in [5.74, 6) is 0.749. The predicted octanol–water partition coefficient (Wildman–Crippen LogP) is 2.26. The van der Waals surface area contributed by atoms with Crippen molar-refractivity contribution in [3.05, 3.63) is 0 Å². The van der Waals surface area contributed by atoms with Crippen molar-refractivity contribution in [3.8, 4) is 0 Å². The summed E-state index contributed by atoms with van der Waals surface area (Å²) in [4.78, 5) is 2.73. The molecule has 2 saturated heterocycles. The summed E-state index contributed by atoms with van der Waals surface area (Å²) < 4.78 is 5.71. The van der Waals surface area contributed by atoms with Crippen LogP contribution in [-0.4, -0.2) is 49.3 Å². The summed E-state index contributed by atoms with van der Waals surface area (Å²) in [6, 6.07) is 1.43. The first-order chi connectivity index (χ1) is 8.74. The Kier molecular flexibility index (Phi) is 5.46. The van der Waals surface area contributed by atoms with Crippen LogP contribution in [0.4, 0.5) is 0 Å². The molecule has 4 unspecified atom stereocenters. The standard InChI is InChI=1S/C15H30N2O/c1-4-6-14-11-17(15(5-2)9-16-14)10-13-7-8-18-12(13)3/h12-16H,4-11H2,1-3H3. The molecule has 1 N–H and O–H groups in total. The van der Waals surface area contributed by atoms with Crippen LogP contribution in [0.2, 0.25) is 0 Å². The molecule has 2 rings (SSSR count). The first-order valence-corrected chi connectivity index (χ1v) is 7.83. The maximum Gasteiger partial charge on any atom is 0.0588 e. The van der Waals surface area contributed by atoms with E-state index in [4.69, 9.17) is 4.74 Å². The Bertz CT molecular complexity index is 247. The molecule has 0 aromatic rings. The van der Waals surface area contributed by atoms with Crippen LogP contribution in [0.25, 0.3) is 0 Å². The number of hydrogen-bond donors (Lipinski definition) is 1. The number of rotatable bonds is 5. The first-order valence-electron chi connectivity index (χ1n) is 7.83. The fourth-order valence-corrected chi connectivity index (χ4v) is 3.41. The molecular formula is C15H30N2O. The van der Waals surface area contributed by atoms with Gasteiger partial charge in [0.15, 0.2) is 0 Å². The van der Waals surface area contributed by atoms with Crippen molar-refractivity contribution in [2.75, 3.05) is 26.2 Å². The van der Waals surface area contributed by atoms with Crippen LogP contribution in [-0.2, 0) is 4.74 Å². The van der Waals surface area contributed by atoms with Gasteiger partial charge in [0, 0.05) is 38.3 Å². The van der Waals surface area contributed by atoms with E-state index < -0.39 is 0 Å². The molecule has 2 aliphatic heterocycles. The van der Waals surface area contributed by atoms with E-state index in [1.807, 2.05) is 0 Å². The Morgan fingerprint density at radius 1 is 1.33 bits per heavy atom. The van der Waals surface area contributed by atoms with Crippen LogP contribution in [0.15, 0.2) is 0 Å². The SMILES string of the molecule is CCCC1CN(CC2CCOC2C)C(CC)CN1. The molecule has 18 heavy (non-hydrogen) atoms. The fourth-order valence-electron chi connectivity index (χ4n) is 3.41. The molecular weight excluding hydrogens is 224 g/mol. The van der Waals surface area contributed by atoms with E-state index in [1.165, 1.54) is 45.3 Å². The predicted molar refractivity (Wildman–Crippen MR) is 75.9 cm³/mol. The van der Waals surface area contributed by atoms with Crippen LogP contribution in [0, 0.1) is 5.92 Å². The molecule has 0 amide bonds. The molecule has 4 atom stereocenters. The van der Waals surface area contributed by atoms with Crippen molar-refractivity contribution in [2.45, 2.75) is 64.6 Å². The van der Waals surface area contributed by atoms with Gasteiger partial charge in [-0.15, -0.1) is 0 Å². The van der Waals surface area contributed by atoms with Gasteiger partial charge in [0.05, 0.1) is 6.10 Å². The summed E-state index contributed by atoms with van der Waals surface area (Å²) >= 11 is 0. The molecule has 3 nitrogen and oxygen atoms in total. The van der Waals surface area contributed by atoms with Gasteiger partial charge in [0.25, 0.3) is 0 Å². The molecule has 2 fully saturated rings. The number of hydrogen-bond acceptors (Lipinski definition) is 3. The van der Waals surface area contributed by atoms with Gasteiger partial charge in [-0.3, -0.25) is 4.90 Å². The molecule has 0 aromatic heterocycles. The van der Waals surface area contributed by atoms with E-state index in [-0.39, 0.29) is 0 Å². The summed E-state index contributed by atoms with van der Waals surface area (Å²) in [5, 5.41) is 3.71. The lowest BCUT2D eigenvalue weighted by molar-refractivity contribution is 0.0651. The second-order valence-corrected chi connectivity index (χ2v) is 6.03. The lowest BCUT2D eigenvalue weighted by Crippen LogP contribution is -2.57. The van der Waals surface area contributed by atoms with E-state index >= 15 is 0 Å². The Hall–Kier alpha value is -0.120. The van der Waals surface area contributed by atoms with Crippen LogP contribution < -0.4 is 5.32 Å². The quantitative estimate of drug-likeness (QED) is 0.814. The third kappa shape index (κ3) is 3.46. The highest BCUT2D eigenvalue weighted by Gasteiger charge is 2.31. The highest BCUT2D eigenvalue weighted by atomic mass is 16.5. The highest BCUT2D eigenvalue weighted by Crippen LogP contribution is 2.24. The third-order valence-corrected chi connectivity index (χ3v) is 4.72. The molecule has 0 aliphatic carbocycles. The normalized spacial score (nSPS) is 38.2. The molecule has 0 bridgehead atoms. The molecule has 0 radical (unpaired) electrons. The molecule has 106 valence electrons. The minimum absolute atomic E-state index is 0.460. The Balaban J connectivity index is 1.89. The van der Waals surface area contributed by atoms with Gasteiger partial charge in [-0.05, 0) is 32.1 Å². The molecule has 2 heterocycles. The Morgan fingerprint density at radius 3 is 2.78 bits per heavy atom. The smallest absolute Gasteiger partial charge is 0.0588 e. The minimum atomic E-state index is 0.460. The number of ether oxygens (including phenoxy) is 1. The maximum atomic E-state index is 5.71. The van der Waals surface area contributed by atoms with E-state index in [9.17, 15) is 0 Å². The van der Waals surface area contributed by atoms with Gasteiger partial charge in [0.2, 0.25) is 0 Å². The molecule has 0 aromatic carbocycles. The molecule has 0 saturated carbocycles.